The van der Waals surface area contributed by atoms with E-state index in [0.29, 0.717) is 5.56 Å². The van der Waals surface area contributed by atoms with E-state index in [1.807, 2.05) is 32.0 Å². The van der Waals surface area contributed by atoms with Crippen LogP contribution in [0.2, 0.25) is 0 Å². The van der Waals surface area contributed by atoms with E-state index in [9.17, 15) is 14.0 Å². The predicted octanol–water partition coefficient (Wildman–Crippen LogP) is 4.15. The van der Waals surface area contributed by atoms with E-state index in [0.717, 1.165) is 29.7 Å². The maximum atomic E-state index is 12.8. The second-order valence-corrected chi connectivity index (χ2v) is 5.70. The van der Waals surface area contributed by atoms with E-state index in [2.05, 4.69) is 5.32 Å². The summed E-state index contributed by atoms with van der Waals surface area (Å²) in [6, 6.07) is 11.6. The molecule has 0 saturated carbocycles. The Morgan fingerprint density at radius 2 is 1.65 bits per heavy atom. The third-order valence-electron chi connectivity index (χ3n) is 3.89. The van der Waals surface area contributed by atoms with Crippen LogP contribution in [0.25, 0.3) is 6.08 Å². The molecule has 0 aliphatic carbocycles. The number of hydrogen-bond acceptors (Lipinski definition) is 3. The van der Waals surface area contributed by atoms with Gasteiger partial charge < -0.3 is 10.1 Å². The lowest BCUT2D eigenvalue weighted by Crippen LogP contribution is -2.21. The average molecular weight is 355 g/mol. The number of carbonyl (C=O) groups is 2. The average Bonchev–Trinajstić information content (AvgIpc) is 2.66. The minimum Gasteiger partial charge on any atom is -0.452 e. The lowest BCUT2D eigenvalue weighted by atomic mass is 10.0. The van der Waals surface area contributed by atoms with Gasteiger partial charge in [-0.15, -0.1) is 0 Å². The number of benzene rings is 2. The Labute approximate surface area is 152 Å². The second kappa shape index (κ2) is 9.51. The molecule has 0 fully saturated rings. The number of amides is 1. The summed E-state index contributed by atoms with van der Waals surface area (Å²) in [4.78, 5) is 23.8. The van der Waals surface area contributed by atoms with Gasteiger partial charge in [0.25, 0.3) is 5.91 Å². The summed E-state index contributed by atoms with van der Waals surface area (Å²) in [5.74, 6) is -1.37. The van der Waals surface area contributed by atoms with Crippen LogP contribution in [-0.4, -0.2) is 18.5 Å². The molecule has 0 radical (unpaired) electrons. The molecule has 0 atom stereocenters. The lowest BCUT2D eigenvalue weighted by Gasteiger charge is -2.14. The summed E-state index contributed by atoms with van der Waals surface area (Å²) < 4.78 is 17.8. The first-order valence-electron chi connectivity index (χ1n) is 8.54. The van der Waals surface area contributed by atoms with E-state index in [1.165, 1.54) is 24.3 Å². The van der Waals surface area contributed by atoms with Crippen LogP contribution in [-0.2, 0) is 27.2 Å². The third-order valence-corrected chi connectivity index (χ3v) is 3.89. The number of para-hydroxylation sites is 1. The molecule has 0 unspecified atom stereocenters. The molecule has 0 bridgehead atoms. The topological polar surface area (TPSA) is 55.4 Å². The minimum absolute atomic E-state index is 0.347. The van der Waals surface area contributed by atoms with Crippen LogP contribution in [0.4, 0.5) is 10.1 Å². The van der Waals surface area contributed by atoms with Gasteiger partial charge in [-0.1, -0.05) is 44.2 Å². The molecule has 2 rings (SSSR count). The van der Waals surface area contributed by atoms with E-state index in [-0.39, 0.29) is 18.3 Å². The van der Waals surface area contributed by atoms with Gasteiger partial charge in [-0.05, 0) is 47.7 Å². The summed E-state index contributed by atoms with van der Waals surface area (Å²) in [6.45, 7) is 3.67. The molecule has 1 N–H and O–H groups in total. The van der Waals surface area contributed by atoms with Crippen molar-refractivity contribution in [1.82, 2.24) is 0 Å². The highest BCUT2D eigenvalue weighted by atomic mass is 19.1. The SMILES string of the molecule is CCc1cccc(CC)c1NC(=O)COC(=O)C=Cc1ccc(F)cc1. The van der Waals surface area contributed by atoms with E-state index >= 15 is 0 Å². The Hall–Kier alpha value is -2.95. The fraction of sp³-hybridized carbons (Fsp3) is 0.238. The van der Waals surface area contributed by atoms with Gasteiger partial charge in [0.2, 0.25) is 0 Å². The first-order chi connectivity index (χ1) is 12.5. The maximum Gasteiger partial charge on any atom is 0.331 e. The zero-order chi connectivity index (χ0) is 18.9. The number of halogens is 1. The van der Waals surface area contributed by atoms with Gasteiger partial charge in [0.05, 0.1) is 0 Å². The van der Waals surface area contributed by atoms with Crippen LogP contribution in [0.15, 0.2) is 48.5 Å². The third kappa shape index (κ3) is 5.55. The van der Waals surface area contributed by atoms with Crippen LogP contribution in [0.5, 0.6) is 0 Å². The van der Waals surface area contributed by atoms with Crippen molar-refractivity contribution in [2.75, 3.05) is 11.9 Å². The zero-order valence-corrected chi connectivity index (χ0v) is 14.9. The molecule has 4 nitrogen and oxygen atoms in total. The molecular weight excluding hydrogens is 333 g/mol. The second-order valence-electron chi connectivity index (χ2n) is 5.70. The van der Waals surface area contributed by atoms with Gasteiger partial charge in [-0.2, -0.15) is 0 Å². The Balaban J connectivity index is 1.90. The first kappa shape index (κ1) is 19.4. The monoisotopic (exact) mass is 355 g/mol. The highest BCUT2D eigenvalue weighted by Crippen LogP contribution is 2.22. The highest BCUT2D eigenvalue weighted by molar-refractivity contribution is 5.95. The van der Waals surface area contributed by atoms with Crippen molar-refractivity contribution >= 4 is 23.6 Å². The summed E-state index contributed by atoms with van der Waals surface area (Å²) in [5.41, 5.74) is 3.54. The van der Waals surface area contributed by atoms with Crippen LogP contribution in [0.1, 0.15) is 30.5 Å². The molecule has 5 heteroatoms. The molecule has 2 aromatic rings. The Bertz CT molecular complexity index is 775. The molecule has 1 amide bonds. The van der Waals surface area contributed by atoms with Gasteiger partial charge in [-0.25, -0.2) is 9.18 Å². The van der Waals surface area contributed by atoms with E-state index in [4.69, 9.17) is 4.74 Å². The lowest BCUT2D eigenvalue weighted by molar-refractivity contribution is -0.142. The number of anilines is 1. The number of esters is 1. The van der Waals surface area contributed by atoms with Crippen molar-refractivity contribution in [3.8, 4) is 0 Å². The highest BCUT2D eigenvalue weighted by Gasteiger charge is 2.11. The van der Waals surface area contributed by atoms with Gasteiger partial charge in [0.1, 0.15) is 5.82 Å². The summed E-state index contributed by atoms with van der Waals surface area (Å²) >= 11 is 0. The van der Waals surface area contributed by atoms with Crippen molar-refractivity contribution < 1.29 is 18.7 Å². The van der Waals surface area contributed by atoms with Crippen LogP contribution >= 0.6 is 0 Å². The largest absolute Gasteiger partial charge is 0.452 e. The number of aryl methyl sites for hydroxylation is 2. The number of ether oxygens (including phenoxy) is 1. The Morgan fingerprint density at radius 1 is 1.04 bits per heavy atom. The maximum absolute atomic E-state index is 12.8. The standard InChI is InChI=1S/C21H22FNO3/c1-3-16-6-5-7-17(4-2)21(16)23-19(24)14-26-20(25)13-10-15-8-11-18(22)12-9-15/h5-13H,3-4,14H2,1-2H3,(H,23,24). The molecule has 0 aliphatic rings. The van der Waals surface area contributed by atoms with Gasteiger partial charge in [0, 0.05) is 11.8 Å². The minimum atomic E-state index is -0.635. The molecule has 0 aromatic heterocycles. The number of rotatable bonds is 7. The van der Waals surface area contributed by atoms with Crippen LogP contribution < -0.4 is 5.32 Å². The molecule has 0 spiro atoms. The quantitative estimate of drug-likeness (QED) is 0.600. The fourth-order valence-corrected chi connectivity index (χ4v) is 2.50. The summed E-state index contributed by atoms with van der Waals surface area (Å²) in [6.07, 6.45) is 4.30. The van der Waals surface area contributed by atoms with E-state index in [1.54, 1.807) is 12.1 Å². The van der Waals surface area contributed by atoms with Crippen molar-refractivity contribution in [3.63, 3.8) is 0 Å². The van der Waals surface area contributed by atoms with Crippen molar-refractivity contribution in [1.29, 1.82) is 0 Å². The molecule has 26 heavy (non-hydrogen) atoms. The first-order valence-corrected chi connectivity index (χ1v) is 8.54. The summed E-state index contributed by atoms with van der Waals surface area (Å²) in [7, 11) is 0. The Kier molecular flexibility index (Phi) is 7.09. The molecule has 0 aliphatic heterocycles. The van der Waals surface area contributed by atoms with E-state index < -0.39 is 5.97 Å². The molecule has 0 heterocycles. The van der Waals surface area contributed by atoms with Gasteiger partial charge in [-0.3, -0.25) is 4.79 Å². The molecule has 136 valence electrons. The van der Waals surface area contributed by atoms with Crippen molar-refractivity contribution in [3.05, 3.63) is 71.0 Å². The zero-order valence-electron chi connectivity index (χ0n) is 14.9. The molecule has 0 saturated heterocycles. The number of carbonyl (C=O) groups excluding carboxylic acids is 2. The normalized spacial score (nSPS) is 10.7. The predicted molar refractivity (Wildman–Crippen MR) is 100 cm³/mol. The fourth-order valence-electron chi connectivity index (χ4n) is 2.50. The number of nitrogens with one attached hydrogen (secondary N) is 1. The van der Waals surface area contributed by atoms with Gasteiger partial charge in [0.15, 0.2) is 6.61 Å². The smallest absolute Gasteiger partial charge is 0.331 e. The molecular formula is C21H22FNO3. The van der Waals surface area contributed by atoms with Crippen molar-refractivity contribution in [2.45, 2.75) is 26.7 Å². The molecule has 2 aromatic carbocycles. The van der Waals surface area contributed by atoms with Crippen LogP contribution in [0, 0.1) is 5.82 Å². The summed E-state index contributed by atoms with van der Waals surface area (Å²) in [5, 5.41) is 2.83. The Morgan fingerprint density at radius 3 is 2.23 bits per heavy atom. The van der Waals surface area contributed by atoms with Crippen molar-refractivity contribution in [2.24, 2.45) is 0 Å². The van der Waals surface area contributed by atoms with Crippen LogP contribution in [0.3, 0.4) is 0 Å². The number of hydrogen-bond donors (Lipinski definition) is 1. The van der Waals surface area contributed by atoms with Gasteiger partial charge >= 0.3 is 5.97 Å².